The van der Waals surface area contributed by atoms with Gasteiger partial charge in [-0.3, -0.25) is 0 Å². The summed E-state index contributed by atoms with van der Waals surface area (Å²) in [5.41, 5.74) is 0. The molecule has 0 aliphatic carbocycles. The molecule has 1 rings (SSSR count). The molecule has 1 heterocycles. The van der Waals surface area contributed by atoms with Crippen LogP contribution >= 0.6 is 0 Å². The van der Waals surface area contributed by atoms with Crippen molar-refractivity contribution in [1.82, 2.24) is 10.0 Å². The largest absolute Gasteiger partial charge is 0.317 e. The summed E-state index contributed by atoms with van der Waals surface area (Å²) in [6, 6.07) is 0.0728. The second-order valence-electron chi connectivity index (χ2n) is 4.31. The quantitative estimate of drug-likeness (QED) is 0.736. The SMILES string of the molecule is CCCS(=O)(=O)NC(C)C1CCNCC1. The molecule has 0 amide bonds. The first kappa shape index (κ1) is 12.9. The van der Waals surface area contributed by atoms with Crippen molar-refractivity contribution in [3.63, 3.8) is 0 Å². The van der Waals surface area contributed by atoms with Crippen molar-refractivity contribution < 1.29 is 8.42 Å². The van der Waals surface area contributed by atoms with E-state index >= 15 is 0 Å². The highest BCUT2D eigenvalue weighted by atomic mass is 32.2. The first-order chi connectivity index (χ1) is 7.05. The average molecular weight is 234 g/mol. The predicted octanol–water partition coefficient (Wildman–Crippen LogP) is 0.704. The van der Waals surface area contributed by atoms with Gasteiger partial charge in [-0.25, -0.2) is 13.1 Å². The number of hydrogen-bond donors (Lipinski definition) is 2. The lowest BCUT2D eigenvalue weighted by molar-refractivity contribution is 0.316. The van der Waals surface area contributed by atoms with Crippen LogP contribution in [-0.2, 0) is 10.0 Å². The zero-order valence-electron chi connectivity index (χ0n) is 9.62. The van der Waals surface area contributed by atoms with E-state index in [0.29, 0.717) is 12.3 Å². The molecule has 2 N–H and O–H groups in total. The van der Waals surface area contributed by atoms with E-state index in [4.69, 9.17) is 0 Å². The van der Waals surface area contributed by atoms with Gasteiger partial charge in [0.05, 0.1) is 5.75 Å². The Labute approximate surface area is 92.9 Å². The molecule has 0 spiro atoms. The number of piperidine rings is 1. The molecule has 1 aliphatic heterocycles. The molecule has 0 aromatic rings. The van der Waals surface area contributed by atoms with Crippen molar-refractivity contribution in [1.29, 1.82) is 0 Å². The number of hydrogen-bond acceptors (Lipinski definition) is 3. The minimum atomic E-state index is -3.05. The number of nitrogens with one attached hydrogen (secondary N) is 2. The van der Waals surface area contributed by atoms with Crippen LogP contribution in [0, 0.1) is 5.92 Å². The Kier molecular flexibility index (Phi) is 5.02. The molecule has 0 bridgehead atoms. The van der Waals surface area contributed by atoms with Gasteiger partial charge in [-0.1, -0.05) is 6.92 Å². The van der Waals surface area contributed by atoms with E-state index < -0.39 is 10.0 Å². The van der Waals surface area contributed by atoms with Crippen LogP contribution in [0.15, 0.2) is 0 Å². The fraction of sp³-hybridized carbons (Fsp3) is 1.00. The summed E-state index contributed by atoms with van der Waals surface area (Å²) < 4.78 is 25.9. The Morgan fingerprint density at radius 1 is 1.40 bits per heavy atom. The minimum absolute atomic E-state index is 0.0728. The number of sulfonamides is 1. The van der Waals surface area contributed by atoms with Crippen LogP contribution in [0.5, 0.6) is 0 Å². The molecule has 1 fully saturated rings. The van der Waals surface area contributed by atoms with E-state index in [1.807, 2.05) is 13.8 Å². The van der Waals surface area contributed by atoms with Crippen LogP contribution in [0.1, 0.15) is 33.1 Å². The van der Waals surface area contributed by atoms with E-state index in [1.165, 1.54) is 0 Å². The van der Waals surface area contributed by atoms with Gasteiger partial charge < -0.3 is 5.32 Å². The van der Waals surface area contributed by atoms with E-state index in [2.05, 4.69) is 10.0 Å². The third-order valence-electron chi connectivity index (χ3n) is 2.93. The lowest BCUT2D eigenvalue weighted by Gasteiger charge is -2.28. The summed E-state index contributed by atoms with van der Waals surface area (Å²) in [5.74, 6) is 0.723. The molecule has 4 nitrogen and oxygen atoms in total. The van der Waals surface area contributed by atoms with E-state index in [0.717, 1.165) is 25.9 Å². The molecule has 1 aliphatic rings. The third-order valence-corrected chi connectivity index (χ3v) is 4.61. The predicted molar refractivity (Wildman–Crippen MR) is 62.3 cm³/mol. The Hall–Kier alpha value is -0.130. The summed E-state index contributed by atoms with van der Waals surface area (Å²) >= 11 is 0. The summed E-state index contributed by atoms with van der Waals surface area (Å²) in [5, 5.41) is 3.28. The smallest absolute Gasteiger partial charge is 0.211 e. The average Bonchev–Trinajstić information content (AvgIpc) is 2.18. The van der Waals surface area contributed by atoms with Crippen molar-refractivity contribution in [3.05, 3.63) is 0 Å². The van der Waals surface area contributed by atoms with Gasteiger partial charge in [0.15, 0.2) is 0 Å². The van der Waals surface area contributed by atoms with Gasteiger partial charge in [-0.15, -0.1) is 0 Å². The summed E-state index contributed by atoms with van der Waals surface area (Å²) in [6.07, 6.45) is 2.81. The van der Waals surface area contributed by atoms with Crippen LogP contribution in [-0.4, -0.2) is 33.3 Å². The Morgan fingerprint density at radius 3 is 2.53 bits per heavy atom. The highest BCUT2D eigenvalue weighted by Gasteiger charge is 2.23. The molecular formula is C10H22N2O2S. The summed E-state index contributed by atoms with van der Waals surface area (Å²) in [4.78, 5) is 0. The first-order valence-corrected chi connectivity index (χ1v) is 7.41. The van der Waals surface area contributed by atoms with Gasteiger partial charge in [0.2, 0.25) is 10.0 Å². The maximum atomic E-state index is 11.6. The molecule has 0 radical (unpaired) electrons. The monoisotopic (exact) mass is 234 g/mol. The zero-order chi connectivity index (χ0) is 11.3. The standard InChI is InChI=1S/C10H22N2O2S/c1-3-8-15(13,14)12-9(2)10-4-6-11-7-5-10/h9-12H,3-8H2,1-2H3. The summed E-state index contributed by atoms with van der Waals surface area (Å²) in [6.45, 7) is 5.87. The maximum absolute atomic E-state index is 11.6. The van der Waals surface area contributed by atoms with Gasteiger partial charge in [-0.05, 0) is 45.2 Å². The van der Waals surface area contributed by atoms with E-state index in [9.17, 15) is 8.42 Å². The van der Waals surface area contributed by atoms with Gasteiger partial charge >= 0.3 is 0 Å². The molecule has 0 aromatic heterocycles. The molecule has 0 saturated carbocycles. The third kappa shape index (κ3) is 4.49. The molecule has 5 heteroatoms. The maximum Gasteiger partial charge on any atom is 0.211 e. The number of rotatable bonds is 5. The molecule has 90 valence electrons. The van der Waals surface area contributed by atoms with Crippen molar-refractivity contribution in [3.8, 4) is 0 Å². The second kappa shape index (κ2) is 5.82. The molecular weight excluding hydrogens is 212 g/mol. The topological polar surface area (TPSA) is 58.2 Å². The van der Waals surface area contributed by atoms with Crippen LogP contribution in [0.3, 0.4) is 0 Å². The first-order valence-electron chi connectivity index (χ1n) is 5.76. The van der Waals surface area contributed by atoms with Gasteiger partial charge in [0.1, 0.15) is 0 Å². The zero-order valence-corrected chi connectivity index (χ0v) is 10.4. The second-order valence-corrected chi connectivity index (χ2v) is 6.19. The molecule has 0 aromatic carbocycles. The van der Waals surface area contributed by atoms with Gasteiger partial charge in [0, 0.05) is 6.04 Å². The van der Waals surface area contributed by atoms with E-state index in [1.54, 1.807) is 0 Å². The van der Waals surface area contributed by atoms with Crippen molar-refractivity contribution >= 4 is 10.0 Å². The van der Waals surface area contributed by atoms with Crippen LogP contribution in [0.4, 0.5) is 0 Å². The summed E-state index contributed by atoms with van der Waals surface area (Å²) in [7, 11) is -3.05. The highest BCUT2D eigenvalue weighted by molar-refractivity contribution is 7.89. The lowest BCUT2D eigenvalue weighted by Crippen LogP contribution is -2.43. The molecule has 1 saturated heterocycles. The fourth-order valence-electron chi connectivity index (χ4n) is 2.05. The van der Waals surface area contributed by atoms with Gasteiger partial charge in [-0.2, -0.15) is 0 Å². The minimum Gasteiger partial charge on any atom is -0.317 e. The molecule has 15 heavy (non-hydrogen) atoms. The normalized spacial score (nSPS) is 21.5. The van der Waals surface area contributed by atoms with Crippen molar-refractivity contribution in [2.75, 3.05) is 18.8 Å². The molecule has 1 unspecified atom stereocenters. The Bertz CT molecular complexity index is 271. The van der Waals surface area contributed by atoms with Crippen LogP contribution in [0.2, 0.25) is 0 Å². The Balaban J connectivity index is 2.43. The van der Waals surface area contributed by atoms with Crippen LogP contribution < -0.4 is 10.0 Å². The van der Waals surface area contributed by atoms with E-state index in [-0.39, 0.29) is 11.8 Å². The fourth-order valence-corrected chi connectivity index (χ4v) is 3.47. The lowest BCUT2D eigenvalue weighted by atomic mass is 9.92. The molecule has 1 atom stereocenters. The van der Waals surface area contributed by atoms with Gasteiger partial charge in [0.25, 0.3) is 0 Å². The highest BCUT2D eigenvalue weighted by Crippen LogP contribution is 2.16. The van der Waals surface area contributed by atoms with Crippen molar-refractivity contribution in [2.24, 2.45) is 5.92 Å². The van der Waals surface area contributed by atoms with Crippen LogP contribution in [0.25, 0.3) is 0 Å². The Morgan fingerprint density at radius 2 is 2.00 bits per heavy atom. The van der Waals surface area contributed by atoms with Crippen molar-refractivity contribution in [2.45, 2.75) is 39.2 Å².